The molecule has 4 nitrogen and oxygen atoms in total. The van der Waals surface area contributed by atoms with Gasteiger partial charge in [0.2, 0.25) is 0 Å². The van der Waals surface area contributed by atoms with Gasteiger partial charge in [-0.05, 0) is 60.4 Å². The molecule has 174 valence electrons. The van der Waals surface area contributed by atoms with Gasteiger partial charge in [-0.15, -0.1) is 0 Å². The molecular formula is C28H40N2O2. The Bertz CT molecular complexity index is 928. The van der Waals surface area contributed by atoms with E-state index in [0.717, 1.165) is 50.3 Å². The van der Waals surface area contributed by atoms with Crippen molar-refractivity contribution in [2.24, 2.45) is 11.8 Å². The van der Waals surface area contributed by atoms with Crippen LogP contribution in [0.2, 0.25) is 0 Å². The number of carbonyl (C=O) groups is 1. The summed E-state index contributed by atoms with van der Waals surface area (Å²) in [6.45, 7) is 15.9. The molecule has 0 amide bonds. The SMILES string of the molecule is CCc1cccc(CC)c1-c1cc(CC)c(C2CN(CC(C)C)CC2C(=O)OC)c(C)n1. The monoisotopic (exact) mass is 436 g/mol. The number of pyridine rings is 1. The Morgan fingerprint density at radius 2 is 1.72 bits per heavy atom. The fourth-order valence-electron chi connectivity index (χ4n) is 5.48. The third-order valence-corrected chi connectivity index (χ3v) is 6.86. The maximum atomic E-state index is 12.7. The van der Waals surface area contributed by atoms with Crippen LogP contribution in [0, 0.1) is 18.8 Å². The van der Waals surface area contributed by atoms with Crippen LogP contribution >= 0.6 is 0 Å². The van der Waals surface area contributed by atoms with Gasteiger partial charge in [-0.2, -0.15) is 0 Å². The largest absolute Gasteiger partial charge is 0.469 e. The summed E-state index contributed by atoms with van der Waals surface area (Å²) < 4.78 is 5.22. The van der Waals surface area contributed by atoms with Crippen LogP contribution in [0.25, 0.3) is 11.3 Å². The minimum atomic E-state index is -0.135. The number of carbonyl (C=O) groups excluding carboxylic acids is 1. The van der Waals surface area contributed by atoms with Gasteiger partial charge in [0.25, 0.3) is 0 Å². The summed E-state index contributed by atoms with van der Waals surface area (Å²) in [5, 5.41) is 0. The second-order valence-corrected chi connectivity index (χ2v) is 9.53. The first-order chi connectivity index (χ1) is 15.3. The van der Waals surface area contributed by atoms with Gasteiger partial charge >= 0.3 is 5.97 Å². The molecule has 4 heteroatoms. The van der Waals surface area contributed by atoms with E-state index < -0.39 is 0 Å². The molecule has 1 fully saturated rings. The van der Waals surface area contributed by atoms with Gasteiger partial charge < -0.3 is 9.64 Å². The first-order valence-corrected chi connectivity index (χ1v) is 12.3. The summed E-state index contributed by atoms with van der Waals surface area (Å²) in [7, 11) is 1.51. The molecule has 0 radical (unpaired) electrons. The number of methoxy groups -OCH3 is 1. The zero-order valence-electron chi connectivity index (χ0n) is 21.0. The molecule has 1 aliphatic heterocycles. The number of nitrogens with zero attached hydrogens (tertiary/aromatic N) is 2. The topological polar surface area (TPSA) is 42.4 Å². The zero-order chi connectivity index (χ0) is 23.4. The van der Waals surface area contributed by atoms with Gasteiger partial charge in [-0.25, -0.2) is 0 Å². The van der Waals surface area contributed by atoms with Crippen molar-refractivity contribution in [1.82, 2.24) is 9.88 Å². The van der Waals surface area contributed by atoms with E-state index in [1.54, 1.807) is 0 Å². The second-order valence-electron chi connectivity index (χ2n) is 9.53. The van der Waals surface area contributed by atoms with Crippen LogP contribution in [0.5, 0.6) is 0 Å². The van der Waals surface area contributed by atoms with Crippen LogP contribution in [-0.4, -0.2) is 42.6 Å². The maximum absolute atomic E-state index is 12.7. The highest BCUT2D eigenvalue weighted by atomic mass is 16.5. The van der Waals surface area contributed by atoms with Crippen molar-refractivity contribution in [2.75, 3.05) is 26.7 Å². The molecule has 2 atom stereocenters. The summed E-state index contributed by atoms with van der Waals surface area (Å²) in [5.41, 5.74) is 8.68. The first-order valence-electron chi connectivity index (χ1n) is 12.3. The predicted molar refractivity (Wildman–Crippen MR) is 132 cm³/mol. The maximum Gasteiger partial charge on any atom is 0.310 e. The van der Waals surface area contributed by atoms with E-state index in [1.807, 2.05) is 0 Å². The Morgan fingerprint density at radius 1 is 1.09 bits per heavy atom. The number of rotatable bonds is 8. The number of aromatic nitrogens is 1. The van der Waals surface area contributed by atoms with Gasteiger partial charge in [0, 0.05) is 36.8 Å². The van der Waals surface area contributed by atoms with Crippen LogP contribution < -0.4 is 0 Å². The van der Waals surface area contributed by atoms with Gasteiger partial charge in [-0.3, -0.25) is 9.78 Å². The number of likely N-dealkylation sites (tertiary alicyclic amines) is 1. The van der Waals surface area contributed by atoms with Crippen molar-refractivity contribution >= 4 is 5.97 Å². The highest BCUT2D eigenvalue weighted by Crippen LogP contribution is 2.39. The molecule has 2 unspecified atom stereocenters. The highest BCUT2D eigenvalue weighted by Gasteiger charge is 2.41. The number of ether oxygens (including phenoxy) is 1. The third-order valence-electron chi connectivity index (χ3n) is 6.86. The Balaban J connectivity index is 2.10. The summed E-state index contributed by atoms with van der Waals surface area (Å²) in [6.07, 6.45) is 2.91. The van der Waals surface area contributed by atoms with Gasteiger partial charge in [0.05, 0.1) is 18.7 Å². The Kier molecular flexibility index (Phi) is 8.10. The van der Waals surface area contributed by atoms with Crippen LogP contribution in [0.4, 0.5) is 0 Å². The fourth-order valence-corrected chi connectivity index (χ4v) is 5.48. The molecular weight excluding hydrogens is 396 g/mol. The normalized spacial score (nSPS) is 19.0. The van der Waals surface area contributed by atoms with Gasteiger partial charge in [0.15, 0.2) is 0 Å². The average molecular weight is 437 g/mol. The average Bonchev–Trinajstić information content (AvgIpc) is 3.19. The Morgan fingerprint density at radius 3 is 2.25 bits per heavy atom. The minimum Gasteiger partial charge on any atom is -0.469 e. The summed E-state index contributed by atoms with van der Waals surface area (Å²) in [6, 6.07) is 8.89. The number of hydrogen-bond donors (Lipinski definition) is 0. The summed E-state index contributed by atoms with van der Waals surface area (Å²) in [4.78, 5) is 20.3. The second kappa shape index (κ2) is 10.6. The molecule has 0 aliphatic carbocycles. The van der Waals surface area contributed by atoms with Crippen LogP contribution in [0.15, 0.2) is 24.3 Å². The van der Waals surface area contributed by atoms with Crippen molar-refractivity contribution in [3.8, 4) is 11.3 Å². The lowest BCUT2D eigenvalue weighted by Gasteiger charge is -2.23. The van der Waals surface area contributed by atoms with Crippen LogP contribution in [0.1, 0.15) is 68.5 Å². The van der Waals surface area contributed by atoms with E-state index >= 15 is 0 Å². The van der Waals surface area contributed by atoms with Crippen molar-refractivity contribution in [2.45, 2.75) is 66.7 Å². The molecule has 2 heterocycles. The summed E-state index contributed by atoms with van der Waals surface area (Å²) in [5.74, 6) is 0.461. The number of aryl methyl sites for hydroxylation is 4. The molecule has 0 N–H and O–H groups in total. The van der Waals surface area contributed by atoms with Crippen molar-refractivity contribution in [3.63, 3.8) is 0 Å². The minimum absolute atomic E-state index is 0.101. The van der Waals surface area contributed by atoms with E-state index in [1.165, 1.54) is 34.9 Å². The molecule has 2 aromatic rings. The van der Waals surface area contributed by atoms with Crippen LogP contribution in [0.3, 0.4) is 0 Å². The van der Waals surface area contributed by atoms with Crippen LogP contribution in [-0.2, 0) is 28.8 Å². The smallest absolute Gasteiger partial charge is 0.310 e. The Labute approximate surface area is 194 Å². The van der Waals surface area contributed by atoms with Crippen molar-refractivity contribution < 1.29 is 9.53 Å². The zero-order valence-corrected chi connectivity index (χ0v) is 21.0. The van der Waals surface area contributed by atoms with E-state index in [9.17, 15) is 4.79 Å². The molecule has 32 heavy (non-hydrogen) atoms. The number of esters is 1. The van der Waals surface area contributed by atoms with E-state index in [4.69, 9.17) is 9.72 Å². The lowest BCUT2D eigenvalue weighted by atomic mass is 9.83. The standard InChI is InChI=1S/C28H40N2O2/c1-8-20-12-11-13-21(9-2)27(20)25-14-22(10-3)26(19(6)29-25)23-16-30(15-18(4)5)17-24(23)28(31)32-7/h11-14,18,23-24H,8-10,15-17H2,1-7H3. The lowest BCUT2D eigenvalue weighted by Crippen LogP contribution is -2.27. The molecule has 1 aliphatic rings. The molecule has 0 bridgehead atoms. The van der Waals surface area contributed by atoms with E-state index in [-0.39, 0.29) is 17.8 Å². The summed E-state index contributed by atoms with van der Waals surface area (Å²) >= 11 is 0. The molecule has 1 aromatic carbocycles. The quantitative estimate of drug-likeness (QED) is 0.506. The number of benzene rings is 1. The Hall–Kier alpha value is -2.20. The third kappa shape index (κ3) is 4.91. The van der Waals surface area contributed by atoms with Gasteiger partial charge in [-0.1, -0.05) is 52.8 Å². The highest BCUT2D eigenvalue weighted by molar-refractivity contribution is 5.75. The van der Waals surface area contributed by atoms with E-state index in [2.05, 4.69) is 70.7 Å². The molecule has 1 aromatic heterocycles. The fraction of sp³-hybridized carbons (Fsp3) is 0.571. The first kappa shape index (κ1) is 24.4. The van der Waals surface area contributed by atoms with Gasteiger partial charge in [0.1, 0.15) is 0 Å². The van der Waals surface area contributed by atoms with Crippen molar-refractivity contribution in [1.29, 1.82) is 0 Å². The predicted octanol–water partition coefficient (Wildman–Crippen LogP) is 5.59. The molecule has 3 rings (SSSR count). The van der Waals surface area contributed by atoms with E-state index in [0.29, 0.717) is 5.92 Å². The molecule has 0 spiro atoms. The lowest BCUT2D eigenvalue weighted by molar-refractivity contribution is -0.145. The number of hydrogen-bond acceptors (Lipinski definition) is 4. The molecule has 1 saturated heterocycles. The van der Waals surface area contributed by atoms with Crippen molar-refractivity contribution in [3.05, 3.63) is 52.2 Å². The molecule has 0 saturated carbocycles.